The SMILES string of the molecule is CC(C)C[C@@H]1NC(=O)[C@H](Cc2c[nH]cn2)NC(=O)[C@H](Cc2c[nH]c3ccccc23)NC(=O)[C@H](C)NC(=O)[C@@H]2CSSC[C@H](NC(=O)[C@H](Cc3c[nH]c4ccccc34)NC(=O)C(C(C)C)NC(=O)[C@H](CC(C)C)NC(=O)[C@H](CCC(=O)O)NC(=O)CNC1=O)C(=O)NC([C@@H](C)O)C(=O)N[C@H](C(=O)C(C)(C)C)CSSCCC(=O)N[C@@H](CC(=O)O)C(=O)N2. The molecule has 0 radical (unpaired) electrons. The van der Waals surface area contributed by atoms with Crippen LogP contribution in [0.3, 0.4) is 0 Å². The summed E-state index contributed by atoms with van der Waals surface area (Å²) < 4.78 is 0. The molecule has 0 spiro atoms. The van der Waals surface area contributed by atoms with Gasteiger partial charge in [-0.05, 0) is 74.1 Å². The molecule has 5 heterocycles. The van der Waals surface area contributed by atoms with Gasteiger partial charge in [-0.3, -0.25) is 81.5 Å². The lowest BCUT2D eigenvalue weighted by atomic mass is 9.87. The van der Waals surface area contributed by atoms with Gasteiger partial charge in [0.15, 0.2) is 5.78 Å². The maximum atomic E-state index is 15.5. The molecule has 2 bridgehead atoms. The molecule has 0 saturated carbocycles. The number of carbonyl (C=O) groups excluding carboxylic acids is 15. The van der Waals surface area contributed by atoms with Gasteiger partial charge in [-0.15, -0.1) is 0 Å². The van der Waals surface area contributed by atoms with Crippen LogP contribution in [0.15, 0.2) is 73.4 Å². The summed E-state index contributed by atoms with van der Waals surface area (Å²) in [6.07, 6.45) is 0.528. The van der Waals surface area contributed by atoms with Crippen molar-refractivity contribution in [1.29, 1.82) is 0 Å². The zero-order valence-corrected chi connectivity index (χ0v) is 72.3. The number of ketones is 1. The highest BCUT2D eigenvalue weighted by Crippen LogP contribution is 2.29. The number of amides is 14. The molecule has 42 heteroatoms. The number of rotatable bonds is 18. The number of imidazole rings is 1. The Labute approximate surface area is 714 Å². The summed E-state index contributed by atoms with van der Waals surface area (Å²) in [4.78, 5) is 258. The molecule has 2 unspecified atom stereocenters. The minimum Gasteiger partial charge on any atom is -0.481 e. The maximum Gasteiger partial charge on any atom is 0.305 e. The van der Waals surface area contributed by atoms with Crippen molar-refractivity contribution in [2.45, 2.75) is 219 Å². The summed E-state index contributed by atoms with van der Waals surface area (Å²) in [5, 5.41) is 68.7. The first kappa shape index (κ1) is 97.4. The molecule has 5 aromatic rings. The van der Waals surface area contributed by atoms with Gasteiger partial charge in [-0.2, -0.15) is 0 Å². The van der Waals surface area contributed by atoms with Crippen LogP contribution in [0.2, 0.25) is 0 Å². The fourth-order valence-corrected chi connectivity index (χ4v) is 17.5. The van der Waals surface area contributed by atoms with Crippen LogP contribution in [0, 0.1) is 23.2 Å². The number of aliphatic hydroxyl groups excluding tert-OH is 1. The normalized spacial score (nSPS) is 25.1. The number of Topliss-reactive ketones (excluding diaryl/α,β-unsaturated/α-hetero) is 1. The van der Waals surface area contributed by atoms with Gasteiger partial charge in [0.2, 0.25) is 82.7 Å². The van der Waals surface area contributed by atoms with E-state index in [2.05, 4.69) is 94.4 Å². The molecule has 7 rings (SSSR count). The van der Waals surface area contributed by atoms with Crippen molar-refractivity contribution in [2.24, 2.45) is 23.2 Å². The summed E-state index contributed by atoms with van der Waals surface area (Å²) in [5.74, 6) is -20.3. The summed E-state index contributed by atoms with van der Waals surface area (Å²) in [5.41, 5.74) is 1.34. The topological polar surface area (TPSA) is 580 Å². The second-order valence-electron chi connectivity index (χ2n) is 31.9. The highest BCUT2D eigenvalue weighted by molar-refractivity contribution is 8.77. The van der Waals surface area contributed by atoms with E-state index in [1.54, 1.807) is 123 Å². The number of nitrogens with one attached hydrogen (secondary N) is 17. The second-order valence-corrected chi connectivity index (χ2v) is 37.0. The van der Waals surface area contributed by atoms with Gasteiger partial charge in [-0.25, -0.2) is 4.98 Å². The smallest absolute Gasteiger partial charge is 0.305 e. The van der Waals surface area contributed by atoms with E-state index in [9.17, 15) is 77.6 Å². The number of carboxylic acids is 2. The second kappa shape index (κ2) is 46.3. The van der Waals surface area contributed by atoms with Gasteiger partial charge in [-0.1, -0.05) is 142 Å². The van der Waals surface area contributed by atoms with Crippen LogP contribution in [0.5, 0.6) is 0 Å². The number of fused-ring (bicyclic) bond motifs is 7. The number of benzene rings is 2. The van der Waals surface area contributed by atoms with Crippen LogP contribution >= 0.6 is 43.2 Å². The first-order valence-corrected chi connectivity index (χ1v) is 44.6. The molecule has 14 amide bonds. The van der Waals surface area contributed by atoms with E-state index in [1.165, 1.54) is 26.4 Å². The Balaban J connectivity index is 1.36. The van der Waals surface area contributed by atoms with Gasteiger partial charge in [0.05, 0.1) is 37.1 Å². The third-order valence-electron chi connectivity index (χ3n) is 19.5. The Morgan fingerprint density at radius 3 is 1.45 bits per heavy atom. The summed E-state index contributed by atoms with van der Waals surface area (Å²) in [7, 11) is 3.66. The fourth-order valence-electron chi connectivity index (χ4n) is 13.0. The van der Waals surface area contributed by atoms with E-state index < -0.39 is 234 Å². The number of aromatic amines is 3. The molecule has 121 heavy (non-hydrogen) atoms. The highest BCUT2D eigenvalue weighted by atomic mass is 33.1. The standard InChI is InChI=1S/C79H110N18O20S4/c1-38(2)24-51-68(107)83-33-61(100)86-50(20-21-62(101)102)69(108)90-52(25-39(3)4)74(113)96-64(40(5)6)77(116)92-54(27-44-31-82-49-19-15-13-17-47(44)49)71(110)95-59-36-121-120-35-58(94-73(112)56(29-63(103)104)87-60(99)22-23-118-119-34-57(66(105)79(9,10)11)93-78(117)65(42(8)98)97-76(59)115)75(114)85-41(7)67(106)88-53(26-43-30-81-48-18-14-12-16-46(43)48)70(109)91-55(72(111)89-51)28-45-32-80-37-84-45/h12-19,30-32,37-42,50-59,64-65,81-82,98H,20-29,33-36H2,1-11H3,(H,80,84)(H,83,107)(H,85,114)(H,86,100)(H,87,99)(H,88,106)(H,89,111)(H,90,108)(H,91,109)(H,92,116)(H,93,117)(H,94,112)(H,95,110)(H,96,113)(H,97,115)(H,101,102)(H,103,104)/t41-,42+,50-,51-,52-,53-,54-,55-,56-,57-,58-,59-,64?,65?/m0/s1. The van der Waals surface area contributed by atoms with E-state index in [4.69, 9.17) is 0 Å². The van der Waals surface area contributed by atoms with Gasteiger partial charge in [0.1, 0.15) is 72.5 Å². The lowest BCUT2D eigenvalue weighted by Gasteiger charge is -2.30. The number of H-pyrrole nitrogens is 3. The number of hydrogen-bond donors (Lipinski definition) is 20. The fraction of sp³-hybridized carbons (Fsp3) is 0.544. The number of carboxylic acid groups (broad SMARTS) is 2. The molecule has 20 N–H and O–H groups in total. The Hall–Kier alpha value is -10.7. The Kier molecular flexibility index (Phi) is 37.3. The molecule has 0 aliphatic carbocycles. The zero-order valence-electron chi connectivity index (χ0n) is 69.0. The van der Waals surface area contributed by atoms with Crippen LogP contribution in [-0.2, 0) is 101 Å². The average molecular weight is 1760 g/mol. The summed E-state index contributed by atoms with van der Waals surface area (Å²) >= 11 is 0. The van der Waals surface area contributed by atoms with Crippen molar-refractivity contribution in [1.82, 2.24) is 94.4 Å². The molecular formula is C79H110N18O20S4. The predicted octanol–water partition coefficient (Wildman–Crippen LogP) is 0.102. The first-order chi connectivity index (χ1) is 57.1. The van der Waals surface area contributed by atoms with E-state index in [1.807, 2.05) is 0 Å². The van der Waals surface area contributed by atoms with Crippen molar-refractivity contribution in [2.75, 3.05) is 29.6 Å². The molecule has 2 aliphatic heterocycles. The lowest BCUT2D eigenvalue weighted by molar-refractivity contribution is -0.141. The van der Waals surface area contributed by atoms with Crippen LogP contribution in [0.4, 0.5) is 0 Å². The molecule has 2 fully saturated rings. The number of carbonyl (C=O) groups is 17. The van der Waals surface area contributed by atoms with Crippen LogP contribution < -0.4 is 74.4 Å². The zero-order chi connectivity index (χ0) is 89.1. The largest absolute Gasteiger partial charge is 0.481 e. The average Bonchev–Trinajstić information content (AvgIpc) is 1.73. The Morgan fingerprint density at radius 2 is 0.934 bits per heavy atom. The Morgan fingerprint density at radius 1 is 0.471 bits per heavy atom. The van der Waals surface area contributed by atoms with Crippen molar-refractivity contribution in [3.05, 3.63) is 90.3 Å². The van der Waals surface area contributed by atoms with Crippen LogP contribution in [0.1, 0.15) is 132 Å². The summed E-state index contributed by atoms with van der Waals surface area (Å²) in [6, 6.07) is -7.28. The number of aromatic nitrogens is 4. The minimum atomic E-state index is -1.85. The molecule has 38 nitrogen and oxygen atoms in total. The highest BCUT2D eigenvalue weighted by Gasteiger charge is 2.41. The number of para-hydroxylation sites is 2. The van der Waals surface area contributed by atoms with E-state index in [-0.39, 0.29) is 67.6 Å². The first-order valence-electron chi connectivity index (χ1n) is 39.6. The van der Waals surface area contributed by atoms with E-state index in [0.29, 0.717) is 32.9 Å². The van der Waals surface area contributed by atoms with E-state index >= 15 is 19.2 Å². The number of aliphatic carboxylic acids is 2. The van der Waals surface area contributed by atoms with Crippen LogP contribution in [-0.4, -0.2) is 250 Å². The quantitative estimate of drug-likeness (QED) is 0.0517. The molecule has 14 atom stereocenters. The van der Waals surface area contributed by atoms with Crippen molar-refractivity contribution >= 4 is 165 Å². The molecule has 2 saturated heterocycles. The predicted molar refractivity (Wildman–Crippen MR) is 454 cm³/mol. The molecule has 3 aromatic heterocycles. The van der Waals surface area contributed by atoms with Crippen LogP contribution in [0.25, 0.3) is 21.8 Å². The molecule has 2 aliphatic rings. The monoisotopic (exact) mass is 1760 g/mol. The third-order valence-corrected chi connectivity index (χ3v) is 24.3. The number of aliphatic hydroxyl groups is 1. The van der Waals surface area contributed by atoms with Gasteiger partial charge >= 0.3 is 11.9 Å². The van der Waals surface area contributed by atoms with Crippen molar-refractivity contribution in [3.63, 3.8) is 0 Å². The molecule has 660 valence electrons. The summed E-state index contributed by atoms with van der Waals surface area (Å²) in [6.45, 7) is 16.4. The minimum absolute atomic E-state index is 0.00488. The number of hydrogen-bond acceptors (Lipinski definition) is 23. The van der Waals surface area contributed by atoms with Gasteiger partial charge in [0, 0.05) is 101 Å². The lowest BCUT2D eigenvalue weighted by Crippen LogP contribution is -2.62. The molecule has 2 aromatic carbocycles. The maximum absolute atomic E-state index is 15.5. The van der Waals surface area contributed by atoms with Crippen molar-refractivity contribution < 1.29 is 96.8 Å². The van der Waals surface area contributed by atoms with Gasteiger partial charge < -0.3 is 105 Å². The number of nitrogens with zero attached hydrogens (tertiary/aromatic N) is 1. The Bertz CT molecular complexity index is 4530. The van der Waals surface area contributed by atoms with Crippen molar-refractivity contribution in [3.8, 4) is 0 Å². The van der Waals surface area contributed by atoms with Gasteiger partial charge in [0.25, 0.3) is 0 Å². The van der Waals surface area contributed by atoms with E-state index in [0.717, 1.165) is 43.2 Å². The third kappa shape index (κ3) is 30.4. The molecular weight excluding hydrogens is 1650 g/mol.